The molecule has 6 nitrogen and oxygen atoms in total. The second-order valence-corrected chi connectivity index (χ2v) is 16.7. The molecule has 0 radical (unpaired) electrons. The minimum Gasteiger partial charge on any atom is -0.462 e. The lowest BCUT2D eigenvalue weighted by atomic mass is 10.1. The van der Waals surface area contributed by atoms with E-state index in [2.05, 4.69) is 142 Å². The number of carbonyl (C=O) groups excluding carboxylic acids is 3. The van der Waals surface area contributed by atoms with E-state index in [1.807, 2.05) is 0 Å². The Morgan fingerprint density at radius 2 is 0.600 bits per heavy atom. The van der Waals surface area contributed by atoms with Gasteiger partial charge in [-0.25, -0.2) is 0 Å². The summed E-state index contributed by atoms with van der Waals surface area (Å²) in [6, 6.07) is 0. The summed E-state index contributed by atoms with van der Waals surface area (Å²) in [4.78, 5) is 37.8. The predicted octanol–water partition coefficient (Wildman–Crippen LogP) is 17.3. The van der Waals surface area contributed by atoms with E-state index in [4.69, 9.17) is 14.2 Å². The zero-order valence-corrected chi connectivity index (χ0v) is 41.7. The van der Waals surface area contributed by atoms with Crippen molar-refractivity contribution in [3.8, 4) is 0 Å². The van der Waals surface area contributed by atoms with E-state index in [0.29, 0.717) is 25.7 Å². The standard InChI is InChI=1S/C59H94O6/c1-4-7-10-13-16-19-22-23-24-25-26-27-28-29-30-31-32-33-34-35-36-37-38-41-43-46-49-52-58(61)64-55-56(65-59(62)53-50-47-44-40-21-18-15-12-9-6-3)54-63-57(60)51-48-45-42-39-20-17-14-11-8-5-2/h7,10-12,14-16,19,23-24,26-27,29-30,32-33,35-36,38,41,56H,4-6,8-9,13,17-18,20-22,25,28,31,34,37,39-40,42-55H2,1-3H3/b10-7-,14-11-,15-12-,19-16-,24-23-,27-26-,30-29-,33-32-,36-35-,41-38-. The molecule has 366 valence electrons. The lowest BCUT2D eigenvalue weighted by Crippen LogP contribution is -2.30. The van der Waals surface area contributed by atoms with Gasteiger partial charge in [-0.3, -0.25) is 14.4 Å². The molecule has 0 amide bonds. The van der Waals surface area contributed by atoms with Crippen LogP contribution in [0.5, 0.6) is 0 Å². The fraction of sp³-hybridized carbons (Fsp3) is 0.610. The van der Waals surface area contributed by atoms with Gasteiger partial charge >= 0.3 is 17.9 Å². The smallest absolute Gasteiger partial charge is 0.306 e. The van der Waals surface area contributed by atoms with E-state index in [1.54, 1.807) is 0 Å². The van der Waals surface area contributed by atoms with Crippen molar-refractivity contribution in [2.45, 2.75) is 219 Å². The number of allylic oxidation sites excluding steroid dienone is 20. The molecule has 0 saturated heterocycles. The Morgan fingerprint density at radius 3 is 0.985 bits per heavy atom. The first-order chi connectivity index (χ1) is 32.0. The molecule has 0 aliphatic carbocycles. The average molecular weight is 899 g/mol. The van der Waals surface area contributed by atoms with Crippen molar-refractivity contribution in [2.24, 2.45) is 0 Å². The Kier molecular flexibility index (Phi) is 49.1. The van der Waals surface area contributed by atoms with Crippen LogP contribution in [0.1, 0.15) is 213 Å². The molecule has 0 heterocycles. The second-order valence-electron chi connectivity index (χ2n) is 16.7. The summed E-state index contributed by atoms with van der Waals surface area (Å²) in [7, 11) is 0. The van der Waals surface area contributed by atoms with Crippen molar-refractivity contribution >= 4 is 17.9 Å². The van der Waals surface area contributed by atoms with Crippen LogP contribution in [-0.4, -0.2) is 37.2 Å². The van der Waals surface area contributed by atoms with Crippen molar-refractivity contribution in [3.05, 3.63) is 122 Å². The number of hydrogen-bond donors (Lipinski definition) is 0. The molecule has 0 rings (SSSR count). The largest absolute Gasteiger partial charge is 0.462 e. The third kappa shape index (κ3) is 50.7. The van der Waals surface area contributed by atoms with E-state index in [-0.39, 0.29) is 31.1 Å². The summed E-state index contributed by atoms with van der Waals surface area (Å²) in [5.41, 5.74) is 0. The maximum absolute atomic E-state index is 12.7. The van der Waals surface area contributed by atoms with Crippen molar-refractivity contribution in [1.29, 1.82) is 0 Å². The highest BCUT2D eigenvalue weighted by Crippen LogP contribution is 2.12. The van der Waals surface area contributed by atoms with Crippen molar-refractivity contribution in [3.63, 3.8) is 0 Å². The van der Waals surface area contributed by atoms with Crippen LogP contribution in [-0.2, 0) is 28.6 Å². The lowest BCUT2D eigenvalue weighted by molar-refractivity contribution is -0.167. The molecule has 0 aliphatic heterocycles. The summed E-state index contributed by atoms with van der Waals surface area (Å²) >= 11 is 0. The molecule has 1 atom stereocenters. The van der Waals surface area contributed by atoms with E-state index in [9.17, 15) is 14.4 Å². The van der Waals surface area contributed by atoms with Crippen LogP contribution in [0.4, 0.5) is 0 Å². The van der Waals surface area contributed by atoms with Gasteiger partial charge < -0.3 is 14.2 Å². The van der Waals surface area contributed by atoms with Crippen LogP contribution in [0.2, 0.25) is 0 Å². The van der Waals surface area contributed by atoms with Crippen LogP contribution in [0.3, 0.4) is 0 Å². The number of unbranched alkanes of at least 4 members (excludes halogenated alkanes) is 14. The van der Waals surface area contributed by atoms with Gasteiger partial charge in [0, 0.05) is 19.3 Å². The van der Waals surface area contributed by atoms with Gasteiger partial charge in [-0.05, 0) is 122 Å². The van der Waals surface area contributed by atoms with Gasteiger partial charge in [-0.2, -0.15) is 0 Å². The molecular weight excluding hydrogens is 805 g/mol. The molecule has 0 bridgehead atoms. The van der Waals surface area contributed by atoms with Crippen molar-refractivity contribution in [1.82, 2.24) is 0 Å². The van der Waals surface area contributed by atoms with E-state index in [1.165, 1.54) is 25.7 Å². The average Bonchev–Trinajstić information content (AvgIpc) is 3.30. The number of rotatable bonds is 45. The third-order valence-electron chi connectivity index (χ3n) is 10.4. The molecule has 1 unspecified atom stereocenters. The van der Waals surface area contributed by atoms with Crippen molar-refractivity contribution < 1.29 is 28.6 Å². The van der Waals surface area contributed by atoms with Gasteiger partial charge in [0.05, 0.1) is 0 Å². The van der Waals surface area contributed by atoms with Crippen LogP contribution in [0, 0.1) is 0 Å². The number of esters is 3. The Labute approximate surface area is 399 Å². The predicted molar refractivity (Wildman–Crippen MR) is 279 cm³/mol. The first-order valence-corrected chi connectivity index (χ1v) is 26.0. The molecule has 6 heteroatoms. The van der Waals surface area contributed by atoms with E-state index >= 15 is 0 Å². The topological polar surface area (TPSA) is 78.9 Å². The first kappa shape index (κ1) is 60.8. The Hall–Kier alpha value is -4.19. The second kappa shape index (κ2) is 52.4. The quantitative estimate of drug-likeness (QED) is 0.0262. The normalized spacial score (nSPS) is 13.1. The summed E-state index contributed by atoms with van der Waals surface area (Å²) in [5, 5.41) is 0. The monoisotopic (exact) mass is 899 g/mol. The van der Waals surface area contributed by atoms with E-state index in [0.717, 1.165) is 141 Å². The summed E-state index contributed by atoms with van der Waals surface area (Å²) in [6.07, 6.45) is 72.0. The zero-order valence-electron chi connectivity index (χ0n) is 41.7. The molecule has 0 spiro atoms. The maximum atomic E-state index is 12.7. The highest BCUT2D eigenvalue weighted by molar-refractivity contribution is 5.71. The fourth-order valence-electron chi connectivity index (χ4n) is 6.52. The molecule has 65 heavy (non-hydrogen) atoms. The zero-order chi connectivity index (χ0) is 47.2. The van der Waals surface area contributed by atoms with Crippen LogP contribution in [0.15, 0.2) is 122 Å². The lowest BCUT2D eigenvalue weighted by Gasteiger charge is -2.18. The maximum Gasteiger partial charge on any atom is 0.306 e. The molecule has 0 fully saturated rings. The molecule has 0 aliphatic rings. The summed E-state index contributed by atoms with van der Waals surface area (Å²) < 4.78 is 16.7. The molecule has 0 aromatic carbocycles. The van der Waals surface area contributed by atoms with Gasteiger partial charge in [-0.15, -0.1) is 0 Å². The number of hydrogen-bond acceptors (Lipinski definition) is 6. The Bertz CT molecular complexity index is 1400. The molecule has 0 saturated carbocycles. The van der Waals surface area contributed by atoms with Gasteiger partial charge in [0.2, 0.25) is 0 Å². The van der Waals surface area contributed by atoms with Gasteiger partial charge in [0.25, 0.3) is 0 Å². The van der Waals surface area contributed by atoms with E-state index < -0.39 is 6.10 Å². The molecule has 0 aromatic heterocycles. The van der Waals surface area contributed by atoms with Crippen LogP contribution < -0.4 is 0 Å². The third-order valence-corrected chi connectivity index (χ3v) is 10.4. The molecule has 0 aromatic rings. The highest BCUT2D eigenvalue weighted by Gasteiger charge is 2.19. The minimum atomic E-state index is -0.804. The fourth-order valence-corrected chi connectivity index (χ4v) is 6.52. The number of ether oxygens (including phenoxy) is 3. The Balaban J connectivity index is 4.34. The molecular formula is C59H94O6. The highest BCUT2D eigenvalue weighted by atomic mass is 16.6. The van der Waals surface area contributed by atoms with Crippen LogP contribution >= 0.6 is 0 Å². The van der Waals surface area contributed by atoms with Crippen LogP contribution in [0.25, 0.3) is 0 Å². The van der Waals surface area contributed by atoms with Gasteiger partial charge in [0.15, 0.2) is 6.10 Å². The van der Waals surface area contributed by atoms with Gasteiger partial charge in [-0.1, -0.05) is 194 Å². The van der Waals surface area contributed by atoms with Crippen molar-refractivity contribution in [2.75, 3.05) is 13.2 Å². The SMILES string of the molecule is CC/C=C\C/C=C\C/C=C\C/C=C\C/C=C\C/C=C\C/C=C\C/C=C\CCCCC(=O)OCC(COC(=O)CCCCCCC/C=C\CCC)OC(=O)CCCCCCC/C=C\CCC. The minimum absolute atomic E-state index is 0.103. The summed E-state index contributed by atoms with van der Waals surface area (Å²) in [6.45, 7) is 6.32. The Morgan fingerprint density at radius 1 is 0.323 bits per heavy atom. The van der Waals surface area contributed by atoms with Gasteiger partial charge in [0.1, 0.15) is 13.2 Å². The first-order valence-electron chi connectivity index (χ1n) is 26.0. The summed E-state index contributed by atoms with van der Waals surface area (Å²) in [5.74, 6) is -0.980. The molecule has 0 N–H and O–H groups in total. The number of carbonyl (C=O) groups is 3.